The molecular formula is C31H32N2O6S. The second-order valence-electron chi connectivity index (χ2n) is 10.1. The third kappa shape index (κ3) is 6.12. The van der Waals surface area contributed by atoms with Gasteiger partial charge in [0.2, 0.25) is 10.0 Å². The Balaban J connectivity index is 1.16. The zero-order valence-electron chi connectivity index (χ0n) is 22.5. The molecule has 1 amide bonds. The number of benzene rings is 3. The van der Waals surface area contributed by atoms with Gasteiger partial charge in [0.05, 0.1) is 18.1 Å². The number of rotatable bonds is 9. The van der Waals surface area contributed by atoms with Gasteiger partial charge < -0.3 is 19.2 Å². The van der Waals surface area contributed by atoms with Crippen LogP contribution in [0.25, 0.3) is 0 Å². The number of anilines is 1. The Kier molecular flexibility index (Phi) is 8.07. The molecule has 3 aromatic carbocycles. The lowest BCUT2D eigenvalue weighted by Gasteiger charge is -2.26. The van der Waals surface area contributed by atoms with Crippen LogP contribution < -0.4 is 10.1 Å². The average Bonchev–Trinajstić information content (AvgIpc) is 3.47. The predicted molar refractivity (Wildman–Crippen MR) is 152 cm³/mol. The molecule has 0 aliphatic carbocycles. The van der Waals surface area contributed by atoms with Crippen molar-refractivity contribution in [2.75, 3.05) is 31.6 Å². The van der Waals surface area contributed by atoms with Gasteiger partial charge in [-0.05, 0) is 59.7 Å². The first kappa shape index (κ1) is 27.6. The lowest BCUT2D eigenvalue weighted by molar-refractivity contribution is 0.0730. The minimum absolute atomic E-state index is 0.128. The Morgan fingerprint density at radius 2 is 1.52 bits per heavy atom. The third-order valence-corrected chi connectivity index (χ3v) is 8.97. The molecule has 5 rings (SSSR count). The quantitative estimate of drug-likeness (QED) is 0.292. The van der Waals surface area contributed by atoms with E-state index in [0.29, 0.717) is 43.5 Å². The van der Waals surface area contributed by atoms with Crippen molar-refractivity contribution in [1.29, 1.82) is 0 Å². The number of furan rings is 1. The lowest BCUT2D eigenvalue weighted by atomic mass is 9.78. The summed E-state index contributed by atoms with van der Waals surface area (Å²) in [6.45, 7) is 5.95. The summed E-state index contributed by atoms with van der Waals surface area (Å²) in [5, 5.41) is 2.74. The first-order chi connectivity index (χ1) is 19.2. The van der Waals surface area contributed by atoms with Gasteiger partial charge in [0.25, 0.3) is 5.91 Å². The molecule has 1 aliphatic heterocycles. The van der Waals surface area contributed by atoms with Crippen molar-refractivity contribution < 1.29 is 27.1 Å². The molecule has 1 fully saturated rings. The van der Waals surface area contributed by atoms with E-state index in [1.165, 1.54) is 27.6 Å². The van der Waals surface area contributed by atoms with Crippen molar-refractivity contribution >= 4 is 21.6 Å². The predicted octanol–water partition coefficient (Wildman–Crippen LogP) is 5.46. The zero-order valence-corrected chi connectivity index (χ0v) is 23.3. The fourth-order valence-corrected chi connectivity index (χ4v) is 5.97. The van der Waals surface area contributed by atoms with Gasteiger partial charge in [0.1, 0.15) is 18.1 Å². The van der Waals surface area contributed by atoms with Crippen LogP contribution in [0.1, 0.15) is 41.3 Å². The highest BCUT2D eigenvalue weighted by Gasteiger charge is 2.26. The van der Waals surface area contributed by atoms with Crippen LogP contribution in [0.4, 0.5) is 5.69 Å². The maximum absolute atomic E-state index is 12.8. The first-order valence-electron chi connectivity index (χ1n) is 13.1. The molecule has 1 aromatic heterocycles. The van der Waals surface area contributed by atoms with Gasteiger partial charge in [-0.2, -0.15) is 4.31 Å². The number of morpholine rings is 1. The number of ether oxygens (including phenoxy) is 2. The van der Waals surface area contributed by atoms with Crippen LogP contribution in [0.3, 0.4) is 0 Å². The topological polar surface area (TPSA) is 98.1 Å². The number of hydrogen-bond donors (Lipinski definition) is 1. The molecule has 4 aromatic rings. The molecule has 0 saturated carbocycles. The lowest BCUT2D eigenvalue weighted by Crippen LogP contribution is -2.40. The molecule has 1 N–H and O–H groups in total. The molecule has 0 bridgehead atoms. The summed E-state index contributed by atoms with van der Waals surface area (Å²) in [5.41, 5.74) is 2.73. The Morgan fingerprint density at radius 1 is 0.875 bits per heavy atom. The Bertz CT molecular complexity index is 1540. The second-order valence-corrected chi connectivity index (χ2v) is 12.0. The second kappa shape index (κ2) is 11.7. The zero-order chi connectivity index (χ0) is 28.2. The highest BCUT2D eigenvalue weighted by molar-refractivity contribution is 7.89. The molecule has 0 spiro atoms. The fraction of sp³-hybridized carbons (Fsp3) is 0.258. The number of nitrogens with one attached hydrogen (secondary N) is 1. The number of amides is 1. The molecule has 0 unspecified atom stereocenters. The van der Waals surface area contributed by atoms with Gasteiger partial charge in [-0.3, -0.25) is 4.79 Å². The summed E-state index contributed by atoms with van der Waals surface area (Å²) in [4.78, 5) is 12.9. The number of carbonyl (C=O) groups excluding carboxylic acids is 1. The van der Waals surface area contributed by atoms with Crippen LogP contribution in [-0.4, -0.2) is 44.9 Å². The molecule has 40 heavy (non-hydrogen) atoms. The Morgan fingerprint density at radius 3 is 2.20 bits per heavy atom. The molecule has 0 atom stereocenters. The van der Waals surface area contributed by atoms with E-state index in [4.69, 9.17) is 13.9 Å². The van der Waals surface area contributed by atoms with Crippen molar-refractivity contribution in [2.45, 2.75) is 30.8 Å². The van der Waals surface area contributed by atoms with Crippen LogP contribution in [0.15, 0.2) is 100 Å². The van der Waals surface area contributed by atoms with Crippen LogP contribution in [-0.2, 0) is 26.8 Å². The summed E-state index contributed by atoms with van der Waals surface area (Å²) >= 11 is 0. The van der Waals surface area contributed by atoms with E-state index in [1.807, 2.05) is 30.3 Å². The van der Waals surface area contributed by atoms with E-state index in [9.17, 15) is 13.2 Å². The van der Waals surface area contributed by atoms with Crippen LogP contribution >= 0.6 is 0 Å². The molecule has 208 valence electrons. The van der Waals surface area contributed by atoms with Crippen molar-refractivity contribution in [1.82, 2.24) is 4.31 Å². The van der Waals surface area contributed by atoms with E-state index in [2.05, 4.69) is 43.4 Å². The van der Waals surface area contributed by atoms with E-state index >= 15 is 0 Å². The highest BCUT2D eigenvalue weighted by atomic mass is 32.2. The highest BCUT2D eigenvalue weighted by Crippen LogP contribution is 2.32. The summed E-state index contributed by atoms with van der Waals surface area (Å²) in [6.07, 6.45) is 0. The molecule has 8 nitrogen and oxygen atoms in total. The van der Waals surface area contributed by atoms with Gasteiger partial charge in [0.15, 0.2) is 5.76 Å². The van der Waals surface area contributed by atoms with Gasteiger partial charge in [-0.1, -0.05) is 56.3 Å². The number of hydrogen-bond acceptors (Lipinski definition) is 6. The number of nitrogens with zero attached hydrogens (tertiary/aromatic N) is 1. The van der Waals surface area contributed by atoms with Crippen molar-refractivity contribution in [3.63, 3.8) is 0 Å². The van der Waals surface area contributed by atoms with Gasteiger partial charge in [-0.25, -0.2) is 8.42 Å². The maximum atomic E-state index is 12.8. The molecule has 1 aliphatic rings. The van der Waals surface area contributed by atoms with Crippen LogP contribution in [0, 0.1) is 0 Å². The third-order valence-electron chi connectivity index (χ3n) is 7.06. The Labute approximate surface area is 234 Å². The Hall–Kier alpha value is -3.92. The first-order valence-corrected chi connectivity index (χ1v) is 14.5. The van der Waals surface area contributed by atoms with E-state index in [0.717, 1.165) is 0 Å². The number of carbonyl (C=O) groups is 1. The summed E-state index contributed by atoms with van der Waals surface area (Å²) in [7, 11) is -3.60. The minimum Gasteiger partial charge on any atom is -0.486 e. The van der Waals surface area contributed by atoms with Gasteiger partial charge in [0, 0.05) is 24.2 Å². The van der Waals surface area contributed by atoms with Crippen molar-refractivity contribution in [3.8, 4) is 5.75 Å². The standard InChI is InChI=1S/C31H32N2O6S/c1-31(2,23-6-4-3-5-7-23)24-8-12-26(13-9-24)38-22-27-14-17-29(39-27)30(34)32-25-10-15-28(16-11-25)40(35,36)33-18-20-37-21-19-33/h3-17H,18-22H2,1-2H3,(H,32,34). The molecule has 1 saturated heterocycles. The van der Waals surface area contributed by atoms with Crippen LogP contribution in [0.2, 0.25) is 0 Å². The largest absolute Gasteiger partial charge is 0.486 e. The smallest absolute Gasteiger partial charge is 0.291 e. The van der Waals surface area contributed by atoms with Crippen molar-refractivity contribution in [2.24, 2.45) is 0 Å². The van der Waals surface area contributed by atoms with E-state index < -0.39 is 15.9 Å². The monoisotopic (exact) mass is 560 g/mol. The number of sulfonamides is 1. The fourth-order valence-electron chi connectivity index (χ4n) is 4.56. The molecule has 2 heterocycles. The minimum atomic E-state index is -3.60. The van der Waals surface area contributed by atoms with Gasteiger partial charge >= 0.3 is 0 Å². The summed E-state index contributed by atoms with van der Waals surface area (Å²) < 4.78 is 43.8. The normalized spacial score (nSPS) is 14.6. The summed E-state index contributed by atoms with van der Waals surface area (Å²) in [5.74, 6) is 0.888. The maximum Gasteiger partial charge on any atom is 0.291 e. The van der Waals surface area contributed by atoms with E-state index in [1.54, 1.807) is 24.3 Å². The molecular weight excluding hydrogens is 528 g/mol. The summed E-state index contributed by atoms with van der Waals surface area (Å²) in [6, 6.07) is 27.7. The SMILES string of the molecule is CC(C)(c1ccccc1)c1ccc(OCc2ccc(C(=O)Nc3ccc(S(=O)(=O)N4CCOCC4)cc3)o2)cc1. The van der Waals surface area contributed by atoms with Crippen molar-refractivity contribution in [3.05, 3.63) is 114 Å². The molecule has 9 heteroatoms. The van der Waals surface area contributed by atoms with Crippen LogP contribution in [0.5, 0.6) is 5.75 Å². The van der Waals surface area contributed by atoms with Gasteiger partial charge in [-0.15, -0.1) is 0 Å². The average molecular weight is 561 g/mol. The van der Waals surface area contributed by atoms with E-state index in [-0.39, 0.29) is 22.7 Å². The molecule has 0 radical (unpaired) electrons.